The average molecular weight is 211 g/mol. The number of likely N-dealkylation sites (tertiary alicyclic amines) is 1. The molecule has 2 rings (SSSR count). The van der Waals surface area contributed by atoms with Crippen molar-refractivity contribution in [2.45, 2.75) is 12.6 Å². The predicted molar refractivity (Wildman–Crippen MR) is 54.2 cm³/mol. The number of methoxy groups -OCH3 is 1. The molecule has 1 aliphatic rings. The van der Waals surface area contributed by atoms with Crippen LogP contribution in [0.25, 0.3) is 0 Å². The van der Waals surface area contributed by atoms with E-state index in [0.29, 0.717) is 30.9 Å². The molecule has 0 aromatic heterocycles. The summed E-state index contributed by atoms with van der Waals surface area (Å²) in [6.07, 6.45) is -0.244. The van der Waals surface area contributed by atoms with Gasteiger partial charge in [0.2, 0.25) is 0 Å². The van der Waals surface area contributed by atoms with Crippen LogP contribution < -0.4 is 4.74 Å². The number of rotatable bonds is 3. The number of benzene rings is 1. The smallest absolute Gasteiger partial charge is 0.131 e. The topological polar surface area (TPSA) is 32.7 Å². The van der Waals surface area contributed by atoms with Crippen LogP contribution in [0.5, 0.6) is 5.75 Å². The van der Waals surface area contributed by atoms with Crippen LogP contribution in [0.15, 0.2) is 18.2 Å². The first-order valence-electron chi connectivity index (χ1n) is 4.92. The molecule has 0 aliphatic carbocycles. The molecule has 3 nitrogen and oxygen atoms in total. The van der Waals surface area contributed by atoms with E-state index in [-0.39, 0.29) is 11.9 Å². The Kier molecular flexibility index (Phi) is 2.88. The molecule has 0 bridgehead atoms. The van der Waals surface area contributed by atoms with Gasteiger partial charge in [0, 0.05) is 31.3 Å². The fourth-order valence-electron chi connectivity index (χ4n) is 1.70. The van der Waals surface area contributed by atoms with E-state index in [2.05, 4.69) is 0 Å². The van der Waals surface area contributed by atoms with Crippen molar-refractivity contribution in [2.75, 3.05) is 20.2 Å². The van der Waals surface area contributed by atoms with Crippen molar-refractivity contribution in [1.82, 2.24) is 4.90 Å². The zero-order valence-electron chi connectivity index (χ0n) is 8.61. The van der Waals surface area contributed by atoms with E-state index < -0.39 is 0 Å². The van der Waals surface area contributed by atoms with Crippen LogP contribution in [0.3, 0.4) is 0 Å². The molecule has 1 aliphatic heterocycles. The van der Waals surface area contributed by atoms with Crippen molar-refractivity contribution < 1.29 is 14.2 Å². The summed E-state index contributed by atoms with van der Waals surface area (Å²) in [6.45, 7) is 1.81. The highest BCUT2D eigenvalue weighted by molar-refractivity contribution is 5.28. The molecule has 0 saturated carbocycles. The van der Waals surface area contributed by atoms with Crippen LogP contribution in [0.1, 0.15) is 5.56 Å². The summed E-state index contributed by atoms with van der Waals surface area (Å²) in [4.78, 5) is 2.00. The minimum absolute atomic E-state index is 0.244. The summed E-state index contributed by atoms with van der Waals surface area (Å²) in [6, 6.07) is 4.85. The molecule has 1 saturated heterocycles. The van der Waals surface area contributed by atoms with Crippen molar-refractivity contribution in [3.63, 3.8) is 0 Å². The Morgan fingerprint density at radius 1 is 1.53 bits per heavy atom. The monoisotopic (exact) mass is 211 g/mol. The van der Waals surface area contributed by atoms with Crippen molar-refractivity contribution in [1.29, 1.82) is 0 Å². The quantitative estimate of drug-likeness (QED) is 0.810. The Hall–Kier alpha value is -1.13. The fraction of sp³-hybridized carbons (Fsp3) is 0.455. The predicted octanol–water partition coefficient (Wildman–Crippen LogP) is 1.01. The van der Waals surface area contributed by atoms with Crippen LogP contribution >= 0.6 is 0 Å². The molecule has 1 aromatic carbocycles. The van der Waals surface area contributed by atoms with Crippen molar-refractivity contribution in [3.05, 3.63) is 29.6 Å². The van der Waals surface area contributed by atoms with Gasteiger partial charge in [-0.3, -0.25) is 4.90 Å². The number of β-amino-alcohol motifs (C(OH)–C–C–N with tert-alkyl or cyclic N) is 1. The number of nitrogens with zero attached hydrogens (tertiary/aromatic N) is 1. The summed E-state index contributed by atoms with van der Waals surface area (Å²) in [5, 5.41) is 9.09. The Morgan fingerprint density at radius 2 is 2.27 bits per heavy atom. The van der Waals surface area contributed by atoms with Gasteiger partial charge in [-0.1, -0.05) is 6.07 Å². The van der Waals surface area contributed by atoms with E-state index in [1.165, 1.54) is 13.2 Å². The normalized spacial score (nSPS) is 17.5. The van der Waals surface area contributed by atoms with E-state index in [1.807, 2.05) is 4.90 Å². The van der Waals surface area contributed by atoms with Gasteiger partial charge in [0.05, 0.1) is 13.2 Å². The highest BCUT2D eigenvalue weighted by Crippen LogP contribution is 2.19. The lowest BCUT2D eigenvalue weighted by Gasteiger charge is -2.35. The number of aliphatic hydroxyl groups is 1. The van der Waals surface area contributed by atoms with Gasteiger partial charge in [0.1, 0.15) is 11.6 Å². The molecule has 15 heavy (non-hydrogen) atoms. The molecule has 0 amide bonds. The van der Waals surface area contributed by atoms with Gasteiger partial charge in [-0.05, 0) is 6.07 Å². The lowest BCUT2D eigenvalue weighted by atomic mass is 10.1. The average Bonchev–Trinajstić information content (AvgIpc) is 2.18. The lowest BCUT2D eigenvalue weighted by molar-refractivity contribution is -0.00343. The summed E-state index contributed by atoms with van der Waals surface area (Å²) in [5.74, 6) is 0.274. The molecule has 1 heterocycles. The van der Waals surface area contributed by atoms with Gasteiger partial charge in [-0.25, -0.2) is 4.39 Å². The third-order valence-electron chi connectivity index (χ3n) is 2.59. The molecule has 0 radical (unpaired) electrons. The van der Waals surface area contributed by atoms with Gasteiger partial charge < -0.3 is 9.84 Å². The van der Waals surface area contributed by atoms with Crippen LogP contribution in [0.2, 0.25) is 0 Å². The van der Waals surface area contributed by atoms with E-state index in [9.17, 15) is 4.39 Å². The zero-order valence-corrected chi connectivity index (χ0v) is 8.61. The van der Waals surface area contributed by atoms with E-state index >= 15 is 0 Å². The molecule has 4 heteroatoms. The SMILES string of the molecule is COc1ccc(CN2CC(O)C2)c(F)c1. The second-order valence-corrected chi connectivity index (χ2v) is 3.81. The van der Waals surface area contributed by atoms with E-state index in [4.69, 9.17) is 9.84 Å². The molecule has 0 atom stereocenters. The van der Waals surface area contributed by atoms with Crippen LogP contribution in [0, 0.1) is 5.82 Å². The summed E-state index contributed by atoms with van der Waals surface area (Å²) in [5.41, 5.74) is 0.641. The molecule has 1 N–H and O–H groups in total. The van der Waals surface area contributed by atoms with Crippen LogP contribution in [0.4, 0.5) is 4.39 Å². The highest BCUT2D eigenvalue weighted by atomic mass is 19.1. The molecule has 82 valence electrons. The first-order valence-corrected chi connectivity index (χ1v) is 4.92. The standard InChI is InChI=1S/C11H14FNO2/c1-15-10-3-2-8(11(12)4-10)5-13-6-9(14)7-13/h2-4,9,14H,5-7H2,1H3. The minimum Gasteiger partial charge on any atom is -0.497 e. The molecule has 1 aromatic rings. The van der Waals surface area contributed by atoms with Gasteiger partial charge in [-0.15, -0.1) is 0 Å². The number of hydrogen-bond donors (Lipinski definition) is 1. The second-order valence-electron chi connectivity index (χ2n) is 3.81. The number of ether oxygens (including phenoxy) is 1. The maximum Gasteiger partial charge on any atom is 0.131 e. The minimum atomic E-state index is -0.254. The second kappa shape index (κ2) is 4.16. The Morgan fingerprint density at radius 3 is 2.80 bits per heavy atom. The molecule has 0 spiro atoms. The third kappa shape index (κ3) is 2.27. The summed E-state index contributed by atoms with van der Waals surface area (Å²) < 4.78 is 18.4. The zero-order chi connectivity index (χ0) is 10.8. The Labute approximate surface area is 88.1 Å². The van der Waals surface area contributed by atoms with Crippen LogP contribution in [-0.2, 0) is 6.54 Å². The van der Waals surface area contributed by atoms with E-state index in [1.54, 1.807) is 12.1 Å². The Balaban J connectivity index is 2.02. The molecular formula is C11H14FNO2. The number of hydrogen-bond acceptors (Lipinski definition) is 3. The lowest BCUT2D eigenvalue weighted by Crippen LogP contribution is -2.49. The summed E-state index contributed by atoms with van der Waals surface area (Å²) >= 11 is 0. The van der Waals surface area contributed by atoms with Gasteiger partial charge >= 0.3 is 0 Å². The van der Waals surface area contributed by atoms with Gasteiger partial charge in [-0.2, -0.15) is 0 Å². The van der Waals surface area contributed by atoms with Crippen molar-refractivity contribution in [2.24, 2.45) is 0 Å². The first-order chi connectivity index (χ1) is 7.19. The van der Waals surface area contributed by atoms with Crippen molar-refractivity contribution >= 4 is 0 Å². The number of halogens is 1. The molecular weight excluding hydrogens is 197 g/mol. The molecule has 0 unspecified atom stereocenters. The maximum absolute atomic E-state index is 13.5. The highest BCUT2D eigenvalue weighted by Gasteiger charge is 2.24. The van der Waals surface area contributed by atoms with Gasteiger partial charge in [0.15, 0.2) is 0 Å². The Bertz CT molecular complexity index is 350. The maximum atomic E-state index is 13.5. The third-order valence-corrected chi connectivity index (χ3v) is 2.59. The van der Waals surface area contributed by atoms with Crippen LogP contribution in [-0.4, -0.2) is 36.3 Å². The van der Waals surface area contributed by atoms with E-state index in [0.717, 1.165) is 0 Å². The molecule has 1 fully saturated rings. The number of aliphatic hydroxyl groups excluding tert-OH is 1. The van der Waals surface area contributed by atoms with Crippen molar-refractivity contribution in [3.8, 4) is 5.75 Å². The first kappa shape index (κ1) is 10.4. The largest absolute Gasteiger partial charge is 0.497 e. The fourth-order valence-corrected chi connectivity index (χ4v) is 1.70. The summed E-state index contributed by atoms with van der Waals surface area (Å²) in [7, 11) is 1.51. The van der Waals surface area contributed by atoms with Gasteiger partial charge in [0.25, 0.3) is 0 Å².